The summed E-state index contributed by atoms with van der Waals surface area (Å²) < 4.78 is 0. The molecule has 4 amide bonds. The van der Waals surface area contributed by atoms with Gasteiger partial charge in [0.25, 0.3) is 11.8 Å². The third kappa shape index (κ3) is 5.43. The monoisotopic (exact) mass is 470 g/mol. The van der Waals surface area contributed by atoms with Gasteiger partial charge >= 0.3 is 6.03 Å². The van der Waals surface area contributed by atoms with E-state index in [1.807, 2.05) is 41.3 Å². The Kier molecular flexibility index (Phi) is 6.80. The van der Waals surface area contributed by atoms with Crippen LogP contribution in [0, 0.1) is 0 Å². The van der Waals surface area contributed by atoms with Gasteiger partial charge in [-0.1, -0.05) is 41.9 Å². The molecule has 0 aliphatic carbocycles. The predicted octanol–water partition coefficient (Wildman–Crippen LogP) is 1.83. The molecule has 2 saturated heterocycles. The van der Waals surface area contributed by atoms with Crippen LogP contribution in [0.25, 0.3) is 0 Å². The average molecular weight is 471 g/mol. The average Bonchev–Trinajstić information content (AvgIpc) is 3.03. The highest BCUT2D eigenvalue weighted by atomic mass is 35.5. The van der Waals surface area contributed by atoms with Crippen molar-refractivity contribution in [3.8, 4) is 0 Å². The van der Waals surface area contributed by atoms with Crippen LogP contribution in [0.15, 0.2) is 48.7 Å². The van der Waals surface area contributed by atoms with Crippen LogP contribution in [0.1, 0.15) is 18.9 Å². The predicted molar refractivity (Wildman–Crippen MR) is 125 cm³/mol. The molecule has 0 bridgehead atoms. The lowest BCUT2D eigenvalue weighted by Gasteiger charge is -2.35. The van der Waals surface area contributed by atoms with Gasteiger partial charge in [-0.3, -0.25) is 19.9 Å². The summed E-state index contributed by atoms with van der Waals surface area (Å²) in [5.74, 6) is -0.00286. The molecule has 174 valence electrons. The number of carbonyl (C=O) groups is 3. The summed E-state index contributed by atoms with van der Waals surface area (Å²) in [5, 5.41) is 4.12. The maximum Gasteiger partial charge on any atom is 0.344 e. The number of aryl methyl sites for hydroxylation is 1. The van der Waals surface area contributed by atoms with Gasteiger partial charge in [-0.25, -0.2) is 9.78 Å². The molecule has 10 heteroatoms. The molecule has 2 fully saturated rings. The van der Waals surface area contributed by atoms with E-state index in [0.29, 0.717) is 44.0 Å². The molecule has 3 heterocycles. The topological polar surface area (TPSA) is 97.9 Å². The van der Waals surface area contributed by atoms with E-state index in [1.165, 1.54) is 0 Å². The quantitative estimate of drug-likeness (QED) is 0.599. The lowest BCUT2D eigenvalue weighted by Crippen LogP contribution is -2.54. The molecule has 33 heavy (non-hydrogen) atoms. The molecule has 2 aromatic rings. The Hall–Kier alpha value is -3.17. The van der Waals surface area contributed by atoms with Crippen molar-refractivity contribution < 1.29 is 14.4 Å². The van der Waals surface area contributed by atoms with Crippen LogP contribution in [0.2, 0.25) is 5.02 Å². The van der Waals surface area contributed by atoms with Crippen molar-refractivity contribution in [2.75, 3.05) is 37.6 Å². The number of benzene rings is 1. The molecular weight excluding hydrogens is 444 g/mol. The third-order valence-corrected chi connectivity index (χ3v) is 6.25. The first kappa shape index (κ1) is 23.0. The number of halogens is 1. The van der Waals surface area contributed by atoms with E-state index in [-0.39, 0.29) is 6.54 Å². The molecule has 1 aromatic carbocycles. The Labute approximate surface area is 197 Å². The number of rotatable bonds is 7. The van der Waals surface area contributed by atoms with Gasteiger partial charge in [0.05, 0.1) is 11.6 Å². The molecule has 9 nitrogen and oxygen atoms in total. The zero-order chi connectivity index (χ0) is 23.4. The Balaban J connectivity index is 1.26. The van der Waals surface area contributed by atoms with Crippen LogP contribution >= 0.6 is 11.6 Å². The summed E-state index contributed by atoms with van der Waals surface area (Å²) >= 11 is 5.89. The highest BCUT2D eigenvalue weighted by Gasteiger charge is 2.48. The number of aromatic nitrogens is 1. The zero-order valence-electron chi connectivity index (χ0n) is 18.5. The fourth-order valence-electron chi connectivity index (χ4n) is 4.05. The largest absolute Gasteiger partial charge is 0.354 e. The van der Waals surface area contributed by atoms with Crippen molar-refractivity contribution in [1.29, 1.82) is 0 Å². The van der Waals surface area contributed by atoms with Gasteiger partial charge in [0.1, 0.15) is 11.4 Å². The van der Waals surface area contributed by atoms with Crippen LogP contribution < -0.4 is 15.6 Å². The molecule has 2 N–H and O–H groups in total. The molecule has 1 atom stereocenters. The van der Waals surface area contributed by atoms with Crippen LogP contribution in [0.4, 0.5) is 10.6 Å². The Morgan fingerprint density at radius 2 is 1.85 bits per heavy atom. The first-order valence-electron chi connectivity index (χ1n) is 10.9. The maximum absolute atomic E-state index is 12.9. The van der Waals surface area contributed by atoms with E-state index in [1.54, 1.807) is 19.2 Å². The molecule has 2 aliphatic rings. The summed E-state index contributed by atoms with van der Waals surface area (Å²) in [6.07, 6.45) is 2.69. The number of hydrogen-bond acceptors (Lipinski definition) is 6. The highest BCUT2D eigenvalue weighted by molar-refractivity contribution is 6.30. The van der Waals surface area contributed by atoms with Gasteiger partial charge in [0.2, 0.25) is 0 Å². The van der Waals surface area contributed by atoms with Gasteiger partial charge in [-0.2, -0.15) is 5.01 Å². The Morgan fingerprint density at radius 3 is 2.52 bits per heavy atom. The number of pyridine rings is 1. The second-order valence-electron chi connectivity index (χ2n) is 8.52. The SMILES string of the molecule is CC1(CCc2ccccc2)NC(=O)N(NC(=O)CN2CCN(c3ccc(Cl)cn3)CC2)C1=O. The minimum atomic E-state index is -1.06. The van der Waals surface area contributed by atoms with Crippen molar-refractivity contribution >= 4 is 35.3 Å². The second kappa shape index (κ2) is 9.76. The van der Waals surface area contributed by atoms with E-state index in [9.17, 15) is 14.4 Å². The summed E-state index contributed by atoms with van der Waals surface area (Å²) in [4.78, 5) is 46.3. The van der Waals surface area contributed by atoms with Crippen molar-refractivity contribution in [1.82, 2.24) is 25.6 Å². The van der Waals surface area contributed by atoms with Crippen LogP contribution in [0.3, 0.4) is 0 Å². The smallest absolute Gasteiger partial charge is 0.344 e. The minimum Gasteiger partial charge on any atom is -0.354 e. The van der Waals surface area contributed by atoms with Crippen molar-refractivity contribution in [2.45, 2.75) is 25.3 Å². The summed E-state index contributed by atoms with van der Waals surface area (Å²) in [6, 6.07) is 12.8. The fourth-order valence-corrected chi connectivity index (χ4v) is 4.16. The number of carbonyl (C=O) groups excluding carboxylic acids is 3. The fraction of sp³-hybridized carbons (Fsp3) is 0.391. The van der Waals surface area contributed by atoms with E-state index >= 15 is 0 Å². The first-order valence-corrected chi connectivity index (χ1v) is 11.3. The summed E-state index contributed by atoms with van der Waals surface area (Å²) in [6.45, 7) is 4.52. The number of piperazine rings is 1. The molecule has 4 rings (SSSR count). The second-order valence-corrected chi connectivity index (χ2v) is 8.96. The maximum atomic E-state index is 12.9. The van der Waals surface area contributed by atoms with Crippen LogP contribution in [-0.4, -0.2) is 71.0 Å². The van der Waals surface area contributed by atoms with Gasteiger partial charge < -0.3 is 10.2 Å². The molecule has 0 saturated carbocycles. The van der Waals surface area contributed by atoms with Crippen molar-refractivity contribution in [3.05, 3.63) is 59.2 Å². The molecule has 1 aromatic heterocycles. The summed E-state index contributed by atoms with van der Waals surface area (Å²) in [5.41, 5.74) is 2.50. The van der Waals surface area contributed by atoms with Gasteiger partial charge in [0, 0.05) is 32.4 Å². The molecule has 2 aliphatic heterocycles. The first-order chi connectivity index (χ1) is 15.8. The number of hydrogen-bond donors (Lipinski definition) is 2. The molecule has 0 spiro atoms. The molecular formula is C23H27ClN6O3. The normalized spacial score (nSPS) is 21.3. The minimum absolute atomic E-state index is 0.0969. The van der Waals surface area contributed by atoms with E-state index < -0.39 is 23.4 Å². The molecule has 0 radical (unpaired) electrons. The standard InChI is InChI=1S/C23H27ClN6O3/c1-23(10-9-17-5-3-2-4-6-17)21(32)30(22(33)26-23)27-20(31)16-28-11-13-29(14-12-28)19-8-7-18(24)15-25-19/h2-8,15H,9-14,16H2,1H3,(H,26,33)(H,27,31). The number of hydrazine groups is 1. The van der Waals surface area contributed by atoms with E-state index in [2.05, 4.69) is 20.6 Å². The van der Waals surface area contributed by atoms with Crippen molar-refractivity contribution in [2.24, 2.45) is 0 Å². The van der Waals surface area contributed by atoms with Gasteiger partial charge in [-0.05, 0) is 37.5 Å². The van der Waals surface area contributed by atoms with Crippen LogP contribution in [-0.2, 0) is 16.0 Å². The number of anilines is 1. The zero-order valence-corrected chi connectivity index (χ0v) is 19.2. The number of amides is 4. The lowest BCUT2D eigenvalue weighted by molar-refractivity contribution is -0.139. The van der Waals surface area contributed by atoms with E-state index in [0.717, 1.165) is 16.4 Å². The van der Waals surface area contributed by atoms with Gasteiger partial charge in [-0.15, -0.1) is 0 Å². The Bertz CT molecular complexity index is 1010. The van der Waals surface area contributed by atoms with Gasteiger partial charge in [0.15, 0.2) is 0 Å². The third-order valence-electron chi connectivity index (χ3n) is 6.03. The van der Waals surface area contributed by atoms with E-state index in [4.69, 9.17) is 11.6 Å². The number of urea groups is 1. The number of nitrogens with one attached hydrogen (secondary N) is 2. The van der Waals surface area contributed by atoms with Crippen LogP contribution in [0.5, 0.6) is 0 Å². The number of imide groups is 1. The molecule has 1 unspecified atom stereocenters. The highest BCUT2D eigenvalue weighted by Crippen LogP contribution is 2.22. The lowest BCUT2D eigenvalue weighted by atomic mass is 9.93. The van der Waals surface area contributed by atoms with Crippen molar-refractivity contribution in [3.63, 3.8) is 0 Å². The summed E-state index contributed by atoms with van der Waals surface area (Å²) in [7, 11) is 0. The number of nitrogens with zero attached hydrogens (tertiary/aromatic N) is 4. The Morgan fingerprint density at radius 1 is 1.12 bits per heavy atom.